The van der Waals surface area contributed by atoms with E-state index in [1.807, 2.05) is 6.20 Å². The van der Waals surface area contributed by atoms with E-state index >= 15 is 0 Å². The lowest BCUT2D eigenvalue weighted by atomic mass is 10.4. The molecule has 0 saturated heterocycles. The van der Waals surface area contributed by atoms with Crippen LogP contribution in [0.25, 0.3) is 0 Å². The molecule has 0 aliphatic heterocycles. The zero-order chi connectivity index (χ0) is 6.69. The highest BCUT2D eigenvalue weighted by molar-refractivity contribution is 4.99. The van der Waals surface area contributed by atoms with Crippen molar-refractivity contribution in [2.75, 3.05) is 0 Å². The fourth-order valence-electron chi connectivity index (χ4n) is 0.689. The van der Waals surface area contributed by atoms with Gasteiger partial charge in [0.05, 0.1) is 6.54 Å². The molecule has 3 N–H and O–H groups in total. The van der Waals surface area contributed by atoms with Crippen molar-refractivity contribution in [3.8, 4) is 0 Å². The molecule has 3 nitrogen and oxygen atoms in total. The highest BCUT2D eigenvalue weighted by atomic mass is 14.9. The van der Waals surface area contributed by atoms with Crippen LogP contribution in [0.5, 0.6) is 0 Å². The van der Waals surface area contributed by atoms with E-state index in [9.17, 15) is 0 Å². The second kappa shape index (κ2) is 2.64. The molecule has 1 heterocycles. The van der Waals surface area contributed by atoms with E-state index < -0.39 is 0 Å². The molecule has 9 heavy (non-hydrogen) atoms. The van der Waals surface area contributed by atoms with Gasteiger partial charge >= 0.3 is 0 Å². The highest BCUT2D eigenvalue weighted by Crippen LogP contribution is 1.95. The fourth-order valence-corrected chi connectivity index (χ4v) is 0.689. The van der Waals surface area contributed by atoms with Crippen molar-refractivity contribution >= 4 is 0 Å². The van der Waals surface area contributed by atoms with Gasteiger partial charge in [0.2, 0.25) is 0 Å². The van der Waals surface area contributed by atoms with Gasteiger partial charge in [-0.15, -0.1) is 0 Å². The summed E-state index contributed by atoms with van der Waals surface area (Å²) < 4.78 is 0. The fraction of sp³-hybridized carbons (Fsp3) is 0.500. The summed E-state index contributed by atoms with van der Waals surface area (Å²) in [6.45, 7) is 2.58. The Morgan fingerprint density at radius 3 is 2.89 bits per heavy atom. The number of hydrogen-bond donors (Lipinski definition) is 2. The van der Waals surface area contributed by atoms with Crippen LogP contribution in [0.3, 0.4) is 0 Å². The van der Waals surface area contributed by atoms with E-state index in [2.05, 4.69) is 16.9 Å². The molecule has 50 valence electrons. The van der Waals surface area contributed by atoms with Crippen LogP contribution >= 0.6 is 0 Å². The zero-order valence-electron chi connectivity index (χ0n) is 5.52. The monoisotopic (exact) mass is 125 g/mol. The molecule has 0 aliphatic carbocycles. The van der Waals surface area contributed by atoms with E-state index in [-0.39, 0.29) is 0 Å². The van der Waals surface area contributed by atoms with Crippen LogP contribution in [0.2, 0.25) is 0 Å². The zero-order valence-corrected chi connectivity index (χ0v) is 5.52. The molecule has 0 aromatic carbocycles. The molecule has 0 unspecified atom stereocenters. The van der Waals surface area contributed by atoms with E-state index in [1.165, 1.54) is 0 Å². The molecule has 0 atom stereocenters. The first-order valence-electron chi connectivity index (χ1n) is 3.09. The first kappa shape index (κ1) is 6.29. The van der Waals surface area contributed by atoms with Crippen LogP contribution in [0.4, 0.5) is 0 Å². The maximum atomic E-state index is 5.32. The Balaban J connectivity index is 2.74. The van der Waals surface area contributed by atoms with Gasteiger partial charge in [-0.1, -0.05) is 6.92 Å². The molecule has 0 fully saturated rings. The molecule has 0 spiro atoms. The molecule has 0 aliphatic rings. The Morgan fingerprint density at radius 2 is 2.56 bits per heavy atom. The molecule has 3 heteroatoms. The third-order valence-electron chi connectivity index (χ3n) is 1.26. The van der Waals surface area contributed by atoms with E-state index in [4.69, 9.17) is 5.73 Å². The molecule has 0 amide bonds. The number of nitrogens with two attached hydrogens (primary N) is 1. The van der Waals surface area contributed by atoms with Gasteiger partial charge in [-0.2, -0.15) is 0 Å². The average Bonchev–Trinajstić information content (AvgIpc) is 2.34. The molecule has 0 bridgehead atoms. The van der Waals surface area contributed by atoms with Crippen molar-refractivity contribution in [1.82, 2.24) is 9.97 Å². The maximum Gasteiger partial charge on any atom is 0.120 e. The van der Waals surface area contributed by atoms with Crippen LogP contribution in [-0.2, 0) is 13.0 Å². The third kappa shape index (κ3) is 1.29. The molecular formula is C6H11N3. The summed E-state index contributed by atoms with van der Waals surface area (Å²) in [5.41, 5.74) is 6.47. The third-order valence-corrected chi connectivity index (χ3v) is 1.26. The lowest BCUT2D eigenvalue weighted by molar-refractivity contribution is 0.931. The van der Waals surface area contributed by atoms with Crippen molar-refractivity contribution in [3.63, 3.8) is 0 Å². The van der Waals surface area contributed by atoms with Crippen LogP contribution in [0, 0.1) is 0 Å². The van der Waals surface area contributed by atoms with E-state index in [1.54, 1.807) is 0 Å². The van der Waals surface area contributed by atoms with Crippen LogP contribution in [0.1, 0.15) is 18.4 Å². The van der Waals surface area contributed by atoms with Crippen molar-refractivity contribution in [2.24, 2.45) is 5.73 Å². The quantitative estimate of drug-likeness (QED) is 0.602. The maximum absolute atomic E-state index is 5.32. The lowest BCUT2D eigenvalue weighted by Gasteiger charge is -1.85. The van der Waals surface area contributed by atoms with Crippen LogP contribution < -0.4 is 5.73 Å². The number of nitrogens with one attached hydrogen (secondary N) is 1. The van der Waals surface area contributed by atoms with Crippen LogP contribution in [-0.4, -0.2) is 9.97 Å². The van der Waals surface area contributed by atoms with Crippen molar-refractivity contribution in [2.45, 2.75) is 19.9 Å². The van der Waals surface area contributed by atoms with Gasteiger partial charge in [0.25, 0.3) is 0 Å². The Hall–Kier alpha value is -0.830. The Labute approximate surface area is 54.3 Å². The number of imidazole rings is 1. The van der Waals surface area contributed by atoms with Gasteiger partial charge < -0.3 is 10.7 Å². The molecule has 1 aromatic rings. The van der Waals surface area contributed by atoms with Gasteiger partial charge in [0.1, 0.15) is 5.82 Å². The minimum atomic E-state index is 0.500. The normalized spacial score (nSPS) is 10.0. The van der Waals surface area contributed by atoms with Gasteiger partial charge in [-0.3, -0.25) is 0 Å². The van der Waals surface area contributed by atoms with Gasteiger partial charge in [-0.25, -0.2) is 4.98 Å². The Bertz CT molecular complexity index is 162. The summed E-state index contributed by atoms with van der Waals surface area (Å²) in [7, 11) is 0. The van der Waals surface area contributed by atoms with Gasteiger partial charge in [0.15, 0.2) is 0 Å². The first-order valence-corrected chi connectivity index (χ1v) is 3.09. The standard InChI is InChI=1S/C6H11N3/c1-2-5-4-8-6(3-7)9-5/h4H,2-3,7H2,1H3,(H,8,9). The minimum absolute atomic E-state index is 0.500. The first-order chi connectivity index (χ1) is 4.36. The summed E-state index contributed by atoms with van der Waals surface area (Å²) >= 11 is 0. The van der Waals surface area contributed by atoms with Crippen LogP contribution in [0.15, 0.2) is 6.20 Å². The predicted molar refractivity (Wildman–Crippen MR) is 35.9 cm³/mol. The largest absolute Gasteiger partial charge is 0.345 e. The second-order valence-electron chi connectivity index (χ2n) is 1.91. The van der Waals surface area contributed by atoms with Gasteiger partial charge in [0, 0.05) is 11.9 Å². The topological polar surface area (TPSA) is 54.7 Å². The summed E-state index contributed by atoms with van der Waals surface area (Å²) in [5, 5.41) is 0. The number of rotatable bonds is 2. The van der Waals surface area contributed by atoms with Crippen molar-refractivity contribution in [1.29, 1.82) is 0 Å². The Kier molecular flexibility index (Phi) is 1.85. The SMILES string of the molecule is CCc1cnc(CN)[nH]1. The second-order valence-corrected chi connectivity index (χ2v) is 1.91. The summed E-state index contributed by atoms with van der Waals surface area (Å²) in [4.78, 5) is 7.10. The molecule has 0 saturated carbocycles. The molecule has 1 rings (SSSR count). The minimum Gasteiger partial charge on any atom is -0.345 e. The number of hydrogen-bond acceptors (Lipinski definition) is 2. The number of nitrogens with zero attached hydrogens (tertiary/aromatic N) is 1. The van der Waals surface area contributed by atoms with Crippen molar-refractivity contribution < 1.29 is 0 Å². The van der Waals surface area contributed by atoms with E-state index in [0.717, 1.165) is 17.9 Å². The number of aryl methyl sites for hydroxylation is 1. The van der Waals surface area contributed by atoms with Crippen molar-refractivity contribution in [3.05, 3.63) is 17.7 Å². The lowest BCUT2D eigenvalue weighted by Crippen LogP contribution is -1.97. The summed E-state index contributed by atoms with van der Waals surface area (Å²) in [5.74, 6) is 0.867. The Morgan fingerprint density at radius 1 is 1.78 bits per heavy atom. The summed E-state index contributed by atoms with van der Waals surface area (Å²) in [6.07, 6.45) is 2.81. The number of aromatic amines is 1. The number of H-pyrrole nitrogens is 1. The molecular weight excluding hydrogens is 114 g/mol. The van der Waals surface area contributed by atoms with Gasteiger partial charge in [-0.05, 0) is 6.42 Å². The number of aromatic nitrogens is 2. The molecule has 1 aromatic heterocycles. The summed E-state index contributed by atoms with van der Waals surface area (Å²) in [6, 6.07) is 0. The van der Waals surface area contributed by atoms with E-state index in [0.29, 0.717) is 6.54 Å². The average molecular weight is 125 g/mol. The predicted octanol–water partition coefficient (Wildman–Crippen LogP) is 0.431. The molecule has 0 radical (unpaired) electrons. The highest BCUT2D eigenvalue weighted by Gasteiger charge is 1.93. The smallest absolute Gasteiger partial charge is 0.120 e.